The zero-order chi connectivity index (χ0) is 16.9. The Labute approximate surface area is 143 Å². The van der Waals surface area contributed by atoms with Gasteiger partial charge >= 0.3 is 0 Å². The molecule has 1 N–H and O–H groups in total. The second kappa shape index (κ2) is 7.93. The average Bonchev–Trinajstić information content (AvgIpc) is 3.01. The first-order valence-electron chi connectivity index (χ1n) is 8.15. The first-order chi connectivity index (χ1) is 10.9. The lowest BCUT2D eigenvalue weighted by Crippen LogP contribution is -2.35. The lowest BCUT2D eigenvalue weighted by atomic mass is 9.83. The van der Waals surface area contributed by atoms with Crippen LogP contribution >= 0.6 is 11.6 Å². The molecule has 1 heterocycles. The van der Waals surface area contributed by atoms with E-state index in [1.165, 1.54) is 11.9 Å². The molecule has 0 saturated heterocycles. The van der Waals surface area contributed by atoms with E-state index in [9.17, 15) is 5.11 Å². The molecule has 4 nitrogen and oxygen atoms in total. The maximum absolute atomic E-state index is 10.7. The molecule has 0 aliphatic carbocycles. The monoisotopic (exact) mass is 335 g/mol. The minimum Gasteiger partial charge on any atom is -0.390 e. The lowest BCUT2D eigenvalue weighted by molar-refractivity contribution is 0.00851. The van der Waals surface area contributed by atoms with Gasteiger partial charge in [-0.3, -0.25) is 0 Å². The molecule has 1 aromatic heterocycles. The minimum absolute atomic E-state index is 0.0521. The van der Waals surface area contributed by atoms with Crippen molar-refractivity contribution in [3.63, 3.8) is 0 Å². The van der Waals surface area contributed by atoms with Gasteiger partial charge in [0.2, 0.25) is 0 Å². The number of halogens is 1. The fourth-order valence-electron chi connectivity index (χ4n) is 2.77. The highest BCUT2D eigenvalue weighted by atomic mass is 35.5. The van der Waals surface area contributed by atoms with Crippen LogP contribution in [0.5, 0.6) is 0 Å². The van der Waals surface area contributed by atoms with Gasteiger partial charge in [-0.05, 0) is 36.3 Å². The van der Waals surface area contributed by atoms with Crippen molar-refractivity contribution < 1.29 is 5.11 Å². The summed E-state index contributed by atoms with van der Waals surface area (Å²) >= 11 is 6.19. The largest absolute Gasteiger partial charge is 0.390 e. The SMILES string of the molecule is CC(C)(C)C(O)C(CCCCc1ccccc1Cl)n1cncn1. The van der Waals surface area contributed by atoms with Gasteiger partial charge in [0.15, 0.2) is 0 Å². The van der Waals surface area contributed by atoms with Crippen LogP contribution in [0, 0.1) is 5.41 Å². The molecular weight excluding hydrogens is 310 g/mol. The molecule has 0 radical (unpaired) electrons. The predicted octanol–water partition coefficient (Wildman–Crippen LogP) is 4.29. The third kappa shape index (κ3) is 5.05. The summed E-state index contributed by atoms with van der Waals surface area (Å²) in [6.45, 7) is 6.14. The number of rotatable bonds is 7. The fraction of sp³-hybridized carbons (Fsp3) is 0.556. The molecule has 126 valence electrons. The first-order valence-corrected chi connectivity index (χ1v) is 8.53. The zero-order valence-electron chi connectivity index (χ0n) is 14.1. The predicted molar refractivity (Wildman–Crippen MR) is 93.5 cm³/mol. The van der Waals surface area contributed by atoms with Crippen molar-refractivity contribution in [3.05, 3.63) is 47.5 Å². The molecule has 2 unspecified atom stereocenters. The molecule has 2 aromatic rings. The maximum atomic E-state index is 10.7. The van der Waals surface area contributed by atoms with Gasteiger partial charge in [-0.2, -0.15) is 5.10 Å². The van der Waals surface area contributed by atoms with Gasteiger partial charge < -0.3 is 5.11 Å². The molecular formula is C18H26ClN3O. The Hall–Kier alpha value is -1.39. The van der Waals surface area contributed by atoms with Crippen LogP contribution in [0.15, 0.2) is 36.9 Å². The number of benzene rings is 1. The van der Waals surface area contributed by atoms with E-state index >= 15 is 0 Å². The molecule has 0 aliphatic rings. The highest BCUT2D eigenvalue weighted by molar-refractivity contribution is 6.31. The Morgan fingerprint density at radius 2 is 1.96 bits per heavy atom. The van der Waals surface area contributed by atoms with Gasteiger partial charge in [-0.1, -0.05) is 57.0 Å². The Balaban J connectivity index is 1.93. The van der Waals surface area contributed by atoms with E-state index in [0.717, 1.165) is 30.7 Å². The van der Waals surface area contributed by atoms with E-state index in [1.807, 2.05) is 39.0 Å². The van der Waals surface area contributed by atoms with Gasteiger partial charge in [-0.15, -0.1) is 0 Å². The molecule has 0 bridgehead atoms. The van der Waals surface area contributed by atoms with E-state index in [0.29, 0.717) is 0 Å². The molecule has 0 aliphatic heterocycles. The number of aliphatic hydroxyl groups excluding tert-OH is 1. The van der Waals surface area contributed by atoms with Gasteiger partial charge in [-0.25, -0.2) is 9.67 Å². The van der Waals surface area contributed by atoms with Gasteiger partial charge in [0, 0.05) is 5.02 Å². The van der Waals surface area contributed by atoms with Crippen LogP contribution in [0.1, 0.15) is 51.6 Å². The van der Waals surface area contributed by atoms with Gasteiger partial charge in [0.05, 0.1) is 12.1 Å². The average molecular weight is 336 g/mol. The second-order valence-corrected chi connectivity index (χ2v) is 7.50. The van der Waals surface area contributed by atoms with Crippen molar-refractivity contribution in [1.82, 2.24) is 14.8 Å². The molecule has 2 atom stereocenters. The Kier molecular flexibility index (Phi) is 6.19. The summed E-state index contributed by atoms with van der Waals surface area (Å²) in [5, 5.41) is 15.7. The summed E-state index contributed by atoms with van der Waals surface area (Å²) < 4.78 is 1.78. The molecule has 0 spiro atoms. The topological polar surface area (TPSA) is 50.9 Å². The zero-order valence-corrected chi connectivity index (χ0v) is 14.9. The quantitative estimate of drug-likeness (QED) is 0.768. The number of aliphatic hydroxyl groups is 1. The summed E-state index contributed by atoms with van der Waals surface area (Å²) in [7, 11) is 0. The van der Waals surface area contributed by atoms with Crippen molar-refractivity contribution >= 4 is 11.6 Å². The van der Waals surface area contributed by atoms with Crippen LogP contribution in [-0.2, 0) is 6.42 Å². The van der Waals surface area contributed by atoms with Crippen molar-refractivity contribution in [2.75, 3.05) is 0 Å². The maximum Gasteiger partial charge on any atom is 0.137 e. The number of aromatic nitrogens is 3. The van der Waals surface area contributed by atoms with Crippen molar-refractivity contribution in [1.29, 1.82) is 0 Å². The van der Waals surface area contributed by atoms with Crippen LogP contribution in [0.3, 0.4) is 0 Å². The summed E-state index contributed by atoms with van der Waals surface area (Å²) in [5.41, 5.74) is 0.988. The Morgan fingerprint density at radius 1 is 1.22 bits per heavy atom. The Bertz CT molecular complexity index is 593. The van der Waals surface area contributed by atoms with Crippen LogP contribution in [-0.4, -0.2) is 26.0 Å². The number of nitrogens with zero attached hydrogens (tertiary/aromatic N) is 3. The highest BCUT2D eigenvalue weighted by Gasteiger charge is 2.31. The standard InChI is InChI=1S/C18H26ClN3O/c1-18(2,3)17(23)16(22-13-20-12-21-22)11-7-5-9-14-8-4-6-10-15(14)19/h4,6,8,10,12-13,16-17,23H,5,7,9,11H2,1-3H3. The number of unbranched alkanes of at least 4 members (excludes halogenated alkanes) is 1. The summed E-state index contributed by atoms with van der Waals surface area (Å²) in [6.07, 6.45) is 6.60. The van der Waals surface area contributed by atoms with Crippen molar-refractivity contribution in [2.45, 2.75) is 58.6 Å². The van der Waals surface area contributed by atoms with Crippen LogP contribution < -0.4 is 0 Å². The first kappa shape index (κ1) is 18.0. The van der Waals surface area contributed by atoms with Crippen LogP contribution in [0.4, 0.5) is 0 Å². The van der Waals surface area contributed by atoms with E-state index in [-0.39, 0.29) is 11.5 Å². The van der Waals surface area contributed by atoms with Crippen molar-refractivity contribution in [3.8, 4) is 0 Å². The number of hydrogen-bond donors (Lipinski definition) is 1. The minimum atomic E-state index is -0.468. The molecule has 0 saturated carbocycles. The summed E-state index contributed by atoms with van der Waals surface area (Å²) in [4.78, 5) is 4.02. The summed E-state index contributed by atoms with van der Waals surface area (Å²) in [5.74, 6) is 0. The van der Waals surface area contributed by atoms with E-state index in [1.54, 1.807) is 11.0 Å². The van der Waals surface area contributed by atoms with E-state index < -0.39 is 6.10 Å². The van der Waals surface area contributed by atoms with Crippen LogP contribution in [0.2, 0.25) is 5.02 Å². The second-order valence-electron chi connectivity index (χ2n) is 7.09. The molecule has 5 heteroatoms. The molecule has 23 heavy (non-hydrogen) atoms. The normalized spacial score (nSPS) is 14.7. The highest BCUT2D eigenvalue weighted by Crippen LogP contribution is 2.31. The molecule has 1 aromatic carbocycles. The Morgan fingerprint density at radius 3 is 2.57 bits per heavy atom. The lowest BCUT2D eigenvalue weighted by Gasteiger charge is -2.33. The molecule has 0 amide bonds. The molecule has 2 rings (SSSR count). The van der Waals surface area contributed by atoms with Crippen LogP contribution in [0.25, 0.3) is 0 Å². The number of aryl methyl sites for hydroxylation is 1. The van der Waals surface area contributed by atoms with Gasteiger partial charge in [0.25, 0.3) is 0 Å². The van der Waals surface area contributed by atoms with E-state index in [4.69, 9.17) is 11.6 Å². The molecule has 0 fully saturated rings. The number of hydrogen-bond acceptors (Lipinski definition) is 3. The van der Waals surface area contributed by atoms with E-state index in [2.05, 4.69) is 16.1 Å². The van der Waals surface area contributed by atoms with Gasteiger partial charge in [0.1, 0.15) is 12.7 Å². The third-order valence-corrected chi connectivity index (χ3v) is 4.55. The third-order valence-electron chi connectivity index (χ3n) is 4.18. The summed E-state index contributed by atoms with van der Waals surface area (Å²) in [6, 6.07) is 7.91. The smallest absolute Gasteiger partial charge is 0.137 e. The van der Waals surface area contributed by atoms with Crippen molar-refractivity contribution in [2.24, 2.45) is 5.41 Å². The fourth-order valence-corrected chi connectivity index (χ4v) is 3.00.